The third-order valence-electron chi connectivity index (χ3n) is 4.06. The van der Waals surface area contributed by atoms with Crippen LogP contribution in [0.3, 0.4) is 0 Å². The molecular formula is C20H22N2O7. The highest BCUT2D eigenvalue weighted by atomic mass is 16.6. The van der Waals surface area contributed by atoms with Crippen molar-refractivity contribution in [3.05, 3.63) is 69.8 Å². The highest BCUT2D eigenvalue weighted by Crippen LogP contribution is 2.25. The molecule has 9 heteroatoms. The van der Waals surface area contributed by atoms with Gasteiger partial charge in [0, 0.05) is 24.1 Å². The molecule has 0 spiro atoms. The summed E-state index contributed by atoms with van der Waals surface area (Å²) in [5.41, 5.74) is 1.15. The van der Waals surface area contributed by atoms with Crippen LogP contribution in [0.5, 0.6) is 5.75 Å². The molecular weight excluding hydrogens is 380 g/mol. The van der Waals surface area contributed by atoms with Crippen LogP contribution in [-0.4, -0.2) is 43.7 Å². The van der Waals surface area contributed by atoms with E-state index in [4.69, 9.17) is 14.2 Å². The Balaban J connectivity index is 2.04. The van der Waals surface area contributed by atoms with Crippen molar-refractivity contribution in [2.24, 2.45) is 0 Å². The molecule has 0 bridgehead atoms. The second-order valence-corrected chi connectivity index (χ2v) is 6.08. The molecule has 2 aromatic rings. The number of nitrogens with one attached hydrogen (secondary N) is 1. The van der Waals surface area contributed by atoms with Gasteiger partial charge >= 0.3 is 5.97 Å². The lowest BCUT2D eigenvalue weighted by Crippen LogP contribution is -2.44. The number of benzene rings is 2. The summed E-state index contributed by atoms with van der Waals surface area (Å²) >= 11 is 0. The first-order valence-corrected chi connectivity index (χ1v) is 8.74. The molecule has 154 valence electrons. The van der Waals surface area contributed by atoms with E-state index in [1.165, 1.54) is 32.4 Å². The van der Waals surface area contributed by atoms with Crippen LogP contribution in [0, 0.1) is 10.1 Å². The smallest absolute Gasteiger partial charge is 0.328 e. The lowest BCUT2D eigenvalue weighted by molar-refractivity contribution is -0.384. The van der Waals surface area contributed by atoms with E-state index in [9.17, 15) is 19.7 Å². The molecule has 0 aliphatic heterocycles. The Bertz CT molecular complexity index is 855. The predicted octanol–water partition coefficient (Wildman–Crippen LogP) is 2.02. The number of esters is 1. The number of hydrogen-bond acceptors (Lipinski definition) is 7. The molecule has 1 amide bonds. The van der Waals surface area contributed by atoms with E-state index >= 15 is 0 Å². The summed E-state index contributed by atoms with van der Waals surface area (Å²) in [5, 5.41) is 13.6. The van der Waals surface area contributed by atoms with E-state index in [-0.39, 0.29) is 25.3 Å². The number of carbonyl (C=O) groups is 2. The van der Waals surface area contributed by atoms with Gasteiger partial charge in [0.25, 0.3) is 5.69 Å². The number of hydrogen-bond donors (Lipinski definition) is 1. The molecule has 0 fully saturated rings. The summed E-state index contributed by atoms with van der Waals surface area (Å²) in [6.45, 7) is -0.00961. The quantitative estimate of drug-likeness (QED) is 0.367. The van der Waals surface area contributed by atoms with Gasteiger partial charge in [-0.15, -0.1) is 0 Å². The van der Waals surface area contributed by atoms with E-state index in [0.717, 1.165) is 5.56 Å². The molecule has 2 rings (SSSR count). The van der Waals surface area contributed by atoms with Crippen LogP contribution in [0.1, 0.15) is 11.1 Å². The van der Waals surface area contributed by atoms with Crippen molar-refractivity contribution in [1.29, 1.82) is 0 Å². The highest BCUT2D eigenvalue weighted by molar-refractivity contribution is 5.85. The van der Waals surface area contributed by atoms with Crippen LogP contribution in [0.25, 0.3) is 0 Å². The molecule has 0 heterocycles. The minimum Gasteiger partial charge on any atom is -0.496 e. The fourth-order valence-electron chi connectivity index (χ4n) is 2.67. The monoisotopic (exact) mass is 402 g/mol. The predicted molar refractivity (Wildman–Crippen MR) is 103 cm³/mol. The normalized spacial score (nSPS) is 11.4. The van der Waals surface area contributed by atoms with Gasteiger partial charge in [0.15, 0.2) is 0 Å². The molecule has 0 radical (unpaired) electrons. The molecule has 0 aliphatic carbocycles. The minimum atomic E-state index is -1.05. The zero-order chi connectivity index (χ0) is 21.2. The van der Waals surface area contributed by atoms with E-state index in [1.807, 2.05) is 30.3 Å². The van der Waals surface area contributed by atoms with E-state index in [1.54, 1.807) is 0 Å². The van der Waals surface area contributed by atoms with E-state index in [0.29, 0.717) is 11.3 Å². The summed E-state index contributed by atoms with van der Waals surface area (Å²) in [6.07, 6.45) is -0.0397. The van der Waals surface area contributed by atoms with Crippen molar-refractivity contribution in [2.45, 2.75) is 19.1 Å². The summed E-state index contributed by atoms with van der Waals surface area (Å²) < 4.78 is 15.3. The highest BCUT2D eigenvalue weighted by Gasteiger charge is 2.24. The number of non-ortho nitro benzene ring substituents is 1. The summed E-state index contributed by atoms with van der Waals surface area (Å²) in [4.78, 5) is 34.8. The standard InChI is InChI=1S/C20H22N2O7/c1-27-18-9-8-16(22(25)26)10-15(18)11-17(20(24)28-2)21-19(23)13-29-12-14-6-4-3-5-7-14/h3-10,17H,11-13H2,1-2H3,(H,21,23)/t17-/m0/s1. The van der Waals surface area contributed by atoms with Gasteiger partial charge in [0.2, 0.25) is 5.91 Å². The van der Waals surface area contributed by atoms with Crippen LogP contribution in [-0.2, 0) is 32.1 Å². The number of rotatable bonds is 10. The number of nitrogens with zero attached hydrogens (tertiary/aromatic N) is 1. The maximum atomic E-state index is 12.2. The molecule has 2 aromatic carbocycles. The number of nitro benzene ring substituents is 1. The van der Waals surface area contributed by atoms with Crippen molar-refractivity contribution in [3.63, 3.8) is 0 Å². The van der Waals surface area contributed by atoms with Crippen molar-refractivity contribution in [2.75, 3.05) is 20.8 Å². The Morgan fingerprint density at radius 3 is 2.48 bits per heavy atom. The Kier molecular flexibility index (Phi) is 8.11. The van der Waals surface area contributed by atoms with Crippen molar-refractivity contribution in [1.82, 2.24) is 5.32 Å². The first-order valence-electron chi connectivity index (χ1n) is 8.74. The number of ether oxygens (including phenoxy) is 3. The number of carbonyl (C=O) groups excluding carboxylic acids is 2. The zero-order valence-electron chi connectivity index (χ0n) is 16.1. The third-order valence-corrected chi connectivity index (χ3v) is 4.06. The average molecular weight is 402 g/mol. The molecule has 0 aliphatic rings. The fraction of sp³-hybridized carbons (Fsp3) is 0.300. The van der Waals surface area contributed by atoms with E-state index < -0.39 is 22.8 Å². The van der Waals surface area contributed by atoms with Gasteiger partial charge in [0.1, 0.15) is 18.4 Å². The Labute approximate surface area is 167 Å². The van der Waals surface area contributed by atoms with Crippen LogP contribution in [0.2, 0.25) is 0 Å². The van der Waals surface area contributed by atoms with Crippen LogP contribution < -0.4 is 10.1 Å². The number of amides is 1. The fourth-order valence-corrected chi connectivity index (χ4v) is 2.67. The van der Waals surface area contributed by atoms with Gasteiger partial charge in [-0.1, -0.05) is 30.3 Å². The second kappa shape index (κ2) is 10.8. The molecule has 9 nitrogen and oxygen atoms in total. The third kappa shape index (κ3) is 6.58. The summed E-state index contributed by atoms with van der Waals surface area (Å²) in [5.74, 6) is -0.838. The second-order valence-electron chi connectivity index (χ2n) is 6.08. The lowest BCUT2D eigenvalue weighted by atomic mass is 10.0. The van der Waals surface area contributed by atoms with Crippen LogP contribution in [0.15, 0.2) is 48.5 Å². The van der Waals surface area contributed by atoms with Gasteiger partial charge in [-0.25, -0.2) is 4.79 Å². The summed E-state index contributed by atoms with van der Waals surface area (Å²) in [7, 11) is 2.60. The Morgan fingerprint density at radius 2 is 1.86 bits per heavy atom. The minimum absolute atomic E-state index is 0.0397. The Morgan fingerprint density at radius 1 is 1.14 bits per heavy atom. The number of nitro groups is 1. The molecule has 1 atom stereocenters. The first-order chi connectivity index (χ1) is 13.9. The topological polar surface area (TPSA) is 117 Å². The molecule has 29 heavy (non-hydrogen) atoms. The van der Waals surface area contributed by atoms with Gasteiger partial charge in [0.05, 0.1) is 25.7 Å². The molecule has 0 aromatic heterocycles. The molecule has 0 saturated carbocycles. The Hall–Kier alpha value is -3.46. The SMILES string of the molecule is COC(=O)[C@H](Cc1cc([N+](=O)[O-])ccc1OC)NC(=O)COCc1ccccc1. The lowest BCUT2D eigenvalue weighted by Gasteiger charge is -2.18. The van der Waals surface area contributed by atoms with Gasteiger partial charge < -0.3 is 19.5 Å². The molecule has 0 unspecified atom stereocenters. The maximum absolute atomic E-state index is 12.2. The molecule has 0 saturated heterocycles. The molecule has 1 N–H and O–H groups in total. The van der Waals surface area contributed by atoms with Gasteiger partial charge in [-0.3, -0.25) is 14.9 Å². The number of methoxy groups -OCH3 is 2. The van der Waals surface area contributed by atoms with Gasteiger partial charge in [-0.2, -0.15) is 0 Å². The van der Waals surface area contributed by atoms with Crippen LogP contribution >= 0.6 is 0 Å². The van der Waals surface area contributed by atoms with Crippen molar-refractivity contribution >= 4 is 17.6 Å². The van der Waals surface area contributed by atoms with Gasteiger partial charge in [-0.05, 0) is 11.6 Å². The van der Waals surface area contributed by atoms with Crippen LogP contribution in [0.4, 0.5) is 5.69 Å². The van der Waals surface area contributed by atoms with Crippen molar-refractivity contribution in [3.8, 4) is 5.75 Å². The summed E-state index contributed by atoms with van der Waals surface area (Å²) in [6, 6.07) is 12.3. The average Bonchev–Trinajstić information content (AvgIpc) is 2.73. The largest absolute Gasteiger partial charge is 0.496 e. The zero-order valence-corrected chi connectivity index (χ0v) is 16.1. The van der Waals surface area contributed by atoms with E-state index in [2.05, 4.69) is 5.32 Å². The first kappa shape index (κ1) is 21.8. The maximum Gasteiger partial charge on any atom is 0.328 e. The van der Waals surface area contributed by atoms with Crippen molar-refractivity contribution < 1.29 is 28.7 Å².